The van der Waals surface area contributed by atoms with E-state index in [-0.39, 0.29) is 6.04 Å². The third kappa shape index (κ3) is 5.19. The SMILES string of the molecule is CN(C)C(CNC(=O)C(=O)NCc1ccccc1)c1ccsc1. The molecular weight excluding hydrogens is 310 g/mol. The zero-order valence-electron chi connectivity index (χ0n) is 13.3. The molecule has 1 atom stereocenters. The smallest absolute Gasteiger partial charge is 0.309 e. The van der Waals surface area contributed by atoms with Gasteiger partial charge in [0.15, 0.2) is 0 Å². The van der Waals surface area contributed by atoms with Gasteiger partial charge in [-0.15, -0.1) is 0 Å². The number of carbonyl (C=O) groups excluding carboxylic acids is 2. The normalized spacial score (nSPS) is 12.0. The predicted octanol–water partition coefficient (Wildman–Crippen LogP) is 1.78. The summed E-state index contributed by atoms with van der Waals surface area (Å²) in [7, 11) is 3.90. The van der Waals surface area contributed by atoms with Gasteiger partial charge < -0.3 is 15.5 Å². The molecule has 1 unspecified atom stereocenters. The molecule has 2 N–H and O–H groups in total. The Bertz CT molecular complexity index is 627. The maximum absolute atomic E-state index is 11.9. The van der Waals surface area contributed by atoms with Crippen molar-refractivity contribution in [3.05, 3.63) is 58.3 Å². The number of rotatable bonds is 6. The fourth-order valence-corrected chi connectivity index (χ4v) is 2.90. The molecule has 2 rings (SSSR count). The van der Waals surface area contributed by atoms with Gasteiger partial charge in [-0.05, 0) is 42.0 Å². The molecule has 2 amide bonds. The number of carbonyl (C=O) groups is 2. The molecule has 0 fully saturated rings. The zero-order valence-corrected chi connectivity index (χ0v) is 14.1. The van der Waals surface area contributed by atoms with Crippen molar-refractivity contribution in [2.24, 2.45) is 0 Å². The average molecular weight is 331 g/mol. The Hall–Kier alpha value is -2.18. The maximum Gasteiger partial charge on any atom is 0.309 e. The fourth-order valence-electron chi connectivity index (χ4n) is 2.19. The van der Waals surface area contributed by atoms with E-state index in [1.165, 1.54) is 0 Å². The molecular formula is C17H21N3O2S. The number of nitrogens with zero attached hydrogens (tertiary/aromatic N) is 1. The van der Waals surface area contributed by atoms with Gasteiger partial charge in [0.25, 0.3) is 0 Å². The van der Waals surface area contributed by atoms with Crippen molar-refractivity contribution in [1.29, 1.82) is 0 Å². The van der Waals surface area contributed by atoms with Crippen LogP contribution in [0.2, 0.25) is 0 Å². The zero-order chi connectivity index (χ0) is 16.7. The Morgan fingerprint density at radius 2 is 1.78 bits per heavy atom. The lowest BCUT2D eigenvalue weighted by Crippen LogP contribution is -2.42. The minimum Gasteiger partial charge on any atom is -0.346 e. The van der Waals surface area contributed by atoms with E-state index in [0.717, 1.165) is 11.1 Å². The van der Waals surface area contributed by atoms with Crippen LogP contribution in [-0.4, -0.2) is 37.4 Å². The van der Waals surface area contributed by atoms with Gasteiger partial charge in [0.1, 0.15) is 0 Å². The van der Waals surface area contributed by atoms with Crippen LogP contribution in [0.5, 0.6) is 0 Å². The summed E-state index contributed by atoms with van der Waals surface area (Å²) in [6.07, 6.45) is 0. The Kier molecular flexibility index (Phi) is 6.31. The molecule has 1 aromatic carbocycles. The van der Waals surface area contributed by atoms with E-state index >= 15 is 0 Å². The highest BCUT2D eigenvalue weighted by Gasteiger charge is 2.18. The van der Waals surface area contributed by atoms with Gasteiger partial charge in [-0.25, -0.2) is 0 Å². The van der Waals surface area contributed by atoms with Crippen molar-refractivity contribution >= 4 is 23.2 Å². The Balaban J connectivity index is 1.82. The standard InChI is InChI=1S/C17H21N3O2S/c1-20(2)15(14-8-9-23-12-14)11-19-17(22)16(21)18-10-13-6-4-3-5-7-13/h3-9,12,15H,10-11H2,1-2H3,(H,18,21)(H,19,22). The number of thiophene rings is 1. The third-order valence-corrected chi connectivity index (χ3v) is 4.21. The molecule has 0 aliphatic heterocycles. The first-order valence-corrected chi connectivity index (χ1v) is 8.30. The Morgan fingerprint density at radius 3 is 2.39 bits per heavy atom. The van der Waals surface area contributed by atoms with Gasteiger partial charge in [0.05, 0.1) is 6.04 Å². The van der Waals surface area contributed by atoms with Gasteiger partial charge in [-0.3, -0.25) is 9.59 Å². The van der Waals surface area contributed by atoms with Crippen LogP contribution in [0.3, 0.4) is 0 Å². The Morgan fingerprint density at radius 1 is 1.09 bits per heavy atom. The number of hydrogen-bond acceptors (Lipinski definition) is 4. The second kappa shape index (κ2) is 8.45. The van der Waals surface area contributed by atoms with Crippen molar-refractivity contribution in [2.45, 2.75) is 12.6 Å². The van der Waals surface area contributed by atoms with Crippen LogP contribution in [-0.2, 0) is 16.1 Å². The largest absolute Gasteiger partial charge is 0.346 e. The fraction of sp³-hybridized carbons (Fsp3) is 0.294. The van der Waals surface area contributed by atoms with E-state index in [9.17, 15) is 9.59 Å². The molecule has 0 bridgehead atoms. The van der Waals surface area contributed by atoms with Crippen molar-refractivity contribution in [2.75, 3.05) is 20.6 Å². The van der Waals surface area contributed by atoms with Gasteiger partial charge in [-0.2, -0.15) is 11.3 Å². The van der Waals surface area contributed by atoms with Crippen LogP contribution in [0.25, 0.3) is 0 Å². The van der Waals surface area contributed by atoms with Crippen molar-refractivity contribution in [3.8, 4) is 0 Å². The van der Waals surface area contributed by atoms with Gasteiger partial charge in [0.2, 0.25) is 0 Å². The summed E-state index contributed by atoms with van der Waals surface area (Å²) in [6, 6.07) is 11.6. The second-order valence-corrected chi connectivity index (χ2v) is 6.19. The van der Waals surface area contributed by atoms with Crippen molar-refractivity contribution in [1.82, 2.24) is 15.5 Å². The highest BCUT2D eigenvalue weighted by atomic mass is 32.1. The molecule has 5 nitrogen and oxygen atoms in total. The lowest BCUT2D eigenvalue weighted by Gasteiger charge is -2.23. The summed E-state index contributed by atoms with van der Waals surface area (Å²) in [6.45, 7) is 0.732. The first-order chi connectivity index (χ1) is 11.1. The summed E-state index contributed by atoms with van der Waals surface area (Å²) in [4.78, 5) is 25.8. The van der Waals surface area contributed by atoms with Crippen LogP contribution < -0.4 is 10.6 Å². The third-order valence-electron chi connectivity index (χ3n) is 3.51. The van der Waals surface area contributed by atoms with Gasteiger partial charge in [0, 0.05) is 13.1 Å². The van der Waals surface area contributed by atoms with Crippen LogP contribution in [0, 0.1) is 0 Å². The minimum atomic E-state index is -0.614. The minimum absolute atomic E-state index is 0.0483. The lowest BCUT2D eigenvalue weighted by molar-refractivity contribution is -0.139. The van der Waals surface area contributed by atoms with E-state index in [4.69, 9.17) is 0 Å². The summed E-state index contributed by atoms with van der Waals surface area (Å²) >= 11 is 1.61. The molecule has 0 radical (unpaired) electrons. The predicted molar refractivity (Wildman–Crippen MR) is 92.0 cm³/mol. The summed E-state index contributed by atoms with van der Waals surface area (Å²) in [5.41, 5.74) is 2.09. The number of likely N-dealkylation sites (N-methyl/N-ethyl adjacent to an activating group) is 1. The summed E-state index contributed by atoms with van der Waals surface area (Å²) < 4.78 is 0. The monoisotopic (exact) mass is 331 g/mol. The second-order valence-electron chi connectivity index (χ2n) is 5.41. The molecule has 2 aromatic rings. The number of amides is 2. The highest BCUT2D eigenvalue weighted by molar-refractivity contribution is 7.07. The van der Waals surface area contributed by atoms with E-state index < -0.39 is 11.8 Å². The first kappa shape index (κ1) is 17.2. The molecule has 23 heavy (non-hydrogen) atoms. The van der Waals surface area contributed by atoms with E-state index in [1.54, 1.807) is 11.3 Å². The molecule has 6 heteroatoms. The van der Waals surface area contributed by atoms with Crippen molar-refractivity contribution < 1.29 is 9.59 Å². The molecule has 1 aromatic heterocycles. The molecule has 1 heterocycles. The number of nitrogens with one attached hydrogen (secondary N) is 2. The van der Waals surface area contributed by atoms with Gasteiger partial charge in [-0.1, -0.05) is 30.3 Å². The lowest BCUT2D eigenvalue weighted by atomic mass is 10.1. The quantitative estimate of drug-likeness (QED) is 0.793. The average Bonchev–Trinajstić information content (AvgIpc) is 3.07. The molecule has 0 saturated carbocycles. The molecule has 122 valence electrons. The number of hydrogen-bond donors (Lipinski definition) is 2. The van der Waals surface area contributed by atoms with Gasteiger partial charge >= 0.3 is 11.8 Å². The summed E-state index contributed by atoms with van der Waals surface area (Å²) in [5.74, 6) is -1.22. The van der Waals surface area contributed by atoms with Crippen LogP contribution in [0.15, 0.2) is 47.2 Å². The van der Waals surface area contributed by atoms with Crippen LogP contribution >= 0.6 is 11.3 Å². The Labute approximate surface area is 140 Å². The first-order valence-electron chi connectivity index (χ1n) is 7.36. The molecule has 0 aliphatic carbocycles. The van der Waals surface area contributed by atoms with E-state index in [1.807, 2.05) is 66.2 Å². The molecule has 0 saturated heterocycles. The van der Waals surface area contributed by atoms with E-state index in [0.29, 0.717) is 13.1 Å². The van der Waals surface area contributed by atoms with Crippen LogP contribution in [0.4, 0.5) is 0 Å². The summed E-state index contributed by atoms with van der Waals surface area (Å²) in [5, 5.41) is 9.37. The van der Waals surface area contributed by atoms with Crippen molar-refractivity contribution in [3.63, 3.8) is 0 Å². The van der Waals surface area contributed by atoms with E-state index in [2.05, 4.69) is 10.6 Å². The molecule has 0 aliphatic rings. The maximum atomic E-state index is 11.9. The molecule has 0 spiro atoms. The van der Waals surface area contributed by atoms with Crippen LogP contribution in [0.1, 0.15) is 17.2 Å². The topological polar surface area (TPSA) is 61.4 Å². The highest BCUT2D eigenvalue weighted by Crippen LogP contribution is 2.19. The number of benzene rings is 1.